The van der Waals surface area contributed by atoms with Crippen molar-refractivity contribution in [1.29, 1.82) is 0 Å². The number of amides is 1. The number of hydrogen-bond acceptors (Lipinski definition) is 7. The van der Waals surface area contributed by atoms with Crippen molar-refractivity contribution in [3.05, 3.63) is 76.2 Å². The van der Waals surface area contributed by atoms with Gasteiger partial charge in [-0.2, -0.15) is 5.10 Å². The predicted molar refractivity (Wildman–Crippen MR) is 125 cm³/mol. The second kappa shape index (κ2) is 9.67. The van der Waals surface area contributed by atoms with Crippen LogP contribution in [0.2, 0.25) is 0 Å². The molecule has 4 rings (SSSR count). The van der Waals surface area contributed by atoms with E-state index in [0.717, 1.165) is 27.3 Å². The summed E-state index contributed by atoms with van der Waals surface area (Å²) in [6.45, 7) is 4.05. The number of benzene rings is 1. The van der Waals surface area contributed by atoms with Gasteiger partial charge in [0.05, 0.1) is 12.0 Å². The van der Waals surface area contributed by atoms with Gasteiger partial charge in [0, 0.05) is 28.5 Å². The summed E-state index contributed by atoms with van der Waals surface area (Å²) in [6.07, 6.45) is 5.10. The molecule has 0 saturated carbocycles. The van der Waals surface area contributed by atoms with Crippen LogP contribution >= 0.6 is 23.1 Å². The zero-order chi connectivity index (χ0) is 21.6. The second-order valence-corrected chi connectivity index (χ2v) is 8.65. The molecule has 0 aliphatic heterocycles. The fourth-order valence-corrected chi connectivity index (χ4v) is 4.35. The molecule has 7 nitrogen and oxygen atoms in total. The Hall–Kier alpha value is -3.30. The molecule has 3 heterocycles. The van der Waals surface area contributed by atoms with Crippen molar-refractivity contribution >= 4 is 35.2 Å². The maximum absolute atomic E-state index is 12.3. The average Bonchev–Trinajstić information content (AvgIpc) is 3.40. The lowest BCUT2D eigenvalue weighted by molar-refractivity contribution is -0.118. The SMILES string of the molecule is Cc1ccc(-n2c(SCC(=O)NN=Cc3sccc3C)nnc2-c2ccncc2)cc1. The second-order valence-electron chi connectivity index (χ2n) is 6.76. The van der Waals surface area contributed by atoms with Crippen molar-refractivity contribution < 1.29 is 4.79 Å². The van der Waals surface area contributed by atoms with Crippen LogP contribution in [0.5, 0.6) is 0 Å². The van der Waals surface area contributed by atoms with Gasteiger partial charge in [-0.15, -0.1) is 21.5 Å². The average molecular weight is 449 g/mol. The van der Waals surface area contributed by atoms with E-state index in [0.29, 0.717) is 11.0 Å². The van der Waals surface area contributed by atoms with Crippen LogP contribution in [0.4, 0.5) is 0 Å². The van der Waals surface area contributed by atoms with Crippen LogP contribution in [0.1, 0.15) is 16.0 Å². The molecule has 31 heavy (non-hydrogen) atoms. The van der Waals surface area contributed by atoms with Crippen LogP contribution in [0.15, 0.2) is 70.5 Å². The Morgan fingerprint density at radius 3 is 2.61 bits per heavy atom. The minimum atomic E-state index is -0.209. The standard InChI is InChI=1S/C22H20N6OS2/c1-15-3-5-18(6-4-15)28-21(17-7-10-23-11-8-17)26-27-22(28)31-14-20(29)25-24-13-19-16(2)9-12-30-19/h3-13H,14H2,1-2H3,(H,25,29). The Kier molecular flexibility index (Phi) is 6.54. The number of aromatic nitrogens is 4. The first-order valence-corrected chi connectivity index (χ1v) is 11.4. The lowest BCUT2D eigenvalue weighted by Crippen LogP contribution is -2.20. The van der Waals surface area contributed by atoms with Gasteiger partial charge in [-0.25, -0.2) is 5.43 Å². The highest BCUT2D eigenvalue weighted by Crippen LogP contribution is 2.27. The Bertz CT molecular complexity index is 1200. The highest BCUT2D eigenvalue weighted by atomic mass is 32.2. The quantitative estimate of drug-likeness (QED) is 0.260. The molecule has 3 aromatic heterocycles. The zero-order valence-electron chi connectivity index (χ0n) is 17.0. The van der Waals surface area contributed by atoms with E-state index < -0.39 is 0 Å². The number of hydrogen-bond donors (Lipinski definition) is 1. The molecule has 0 bridgehead atoms. The first-order valence-electron chi connectivity index (χ1n) is 9.53. The van der Waals surface area contributed by atoms with E-state index in [2.05, 4.69) is 25.7 Å². The molecule has 1 aromatic carbocycles. The highest BCUT2D eigenvalue weighted by Gasteiger charge is 2.17. The number of thiophene rings is 1. The lowest BCUT2D eigenvalue weighted by atomic mass is 10.2. The molecule has 0 unspecified atom stereocenters. The number of hydrazone groups is 1. The van der Waals surface area contributed by atoms with Crippen molar-refractivity contribution in [1.82, 2.24) is 25.2 Å². The Labute approximate surface area is 188 Å². The third kappa shape index (κ3) is 5.07. The number of carbonyl (C=O) groups is 1. The van der Waals surface area contributed by atoms with E-state index >= 15 is 0 Å². The molecule has 0 spiro atoms. The Morgan fingerprint density at radius 2 is 1.90 bits per heavy atom. The first-order chi connectivity index (χ1) is 15.1. The van der Waals surface area contributed by atoms with Crippen molar-refractivity contribution in [2.75, 3.05) is 5.75 Å². The van der Waals surface area contributed by atoms with E-state index in [1.54, 1.807) is 29.9 Å². The molecule has 1 amide bonds. The van der Waals surface area contributed by atoms with Crippen LogP contribution in [0, 0.1) is 13.8 Å². The van der Waals surface area contributed by atoms with E-state index in [1.807, 2.05) is 66.3 Å². The number of nitrogens with one attached hydrogen (secondary N) is 1. The van der Waals surface area contributed by atoms with Crippen molar-refractivity contribution in [2.45, 2.75) is 19.0 Å². The largest absolute Gasteiger partial charge is 0.272 e. The Morgan fingerprint density at radius 1 is 1.13 bits per heavy atom. The summed E-state index contributed by atoms with van der Waals surface area (Å²) in [5.74, 6) is 0.654. The van der Waals surface area contributed by atoms with Gasteiger partial charge in [0.25, 0.3) is 5.91 Å². The fourth-order valence-electron chi connectivity index (χ4n) is 2.82. The summed E-state index contributed by atoms with van der Waals surface area (Å²) < 4.78 is 1.95. The van der Waals surface area contributed by atoms with Gasteiger partial charge in [-0.3, -0.25) is 14.3 Å². The van der Waals surface area contributed by atoms with Crippen LogP contribution in [-0.4, -0.2) is 37.6 Å². The topological polar surface area (TPSA) is 85.1 Å². The third-order valence-corrected chi connectivity index (χ3v) is 6.35. The molecule has 0 fully saturated rings. The normalized spacial score (nSPS) is 11.2. The number of rotatable bonds is 7. The summed E-state index contributed by atoms with van der Waals surface area (Å²) in [4.78, 5) is 17.4. The van der Waals surface area contributed by atoms with Crippen molar-refractivity contribution in [2.24, 2.45) is 5.10 Å². The van der Waals surface area contributed by atoms with Crippen molar-refractivity contribution in [3.8, 4) is 17.1 Å². The molecule has 9 heteroatoms. The highest BCUT2D eigenvalue weighted by molar-refractivity contribution is 7.99. The van der Waals surface area contributed by atoms with Crippen molar-refractivity contribution in [3.63, 3.8) is 0 Å². The van der Waals surface area contributed by atoms with Gasteiger partial charge in [0.2, 0.25) is 0 Å². The number of pyridine rings is 1. The third-order valence-electron chi connectivity index (χ3n) is 4.47. The maximum Gasteiger partial charge on any atom is 0.250 e. The minimum absolute atomic E-state index is 0.168. The molecule has 156 valence electrons. The predicted octanol–water partition coefficient (Wildman–Crippen LogP) is 4.25. The smallest absolute Gasteiger partial charge is 0.250 e. The van der Waals surface area contributed by atoms with Gasteiger partial charge < -0.3 is 0 Å². The molecule has 4 aromatic rings. The first kappa shape index (κ1) is 21.0. The molecule has 0 radical (unpaired) electrons. The van der Waals surface area contributed by atoms with Crippen LogP contribution in [-0.2, 0) is 4.79 Å². The molecular weight excluding hydrogens is 428 g/mol. The summed E-state index contributed by atoms with van der Waals surface area (Å²) in [7, 11) is 0. The van der Waals surface area contributed by atoms with E-state index in [1.165, 1.54) is 11.8 Å². The molecule has 0 saturated heterocycles. The number of carbonyl (C=O) groups excluding carboxylic acids is 1. The minimum Gasteiger partial charge on any atom is -0.272 e. The Balaban J connectivity index is 1.52. The molecule has 0 aliphatic carbocycles. The van der Waals surface area contributed by atoms with Gasteiger partial charge in [0.1, 0.15) is 0 Å². The summed E-state index contributed by atoms with van der Waals surface area (Å²) in [5, 5.41) is 15.4. The fraction of sp³-hybridized carbons (Fsp3) is 0.136. The van der Waals surface area contributed by atoms with Crippen LogP contribution < -0.4 is 5.43 Å². The summed E-state index contributed by atoms with van der Waals surface area (Å²) >= 11 is 2.89. The monoisotopic (exact) mass is 448 g/mol. The van der Waals surface area contributed by atoms with Gasteiger partial charge in [-0.1, -0.05) is 29.5 Å². The number of nitrogens with zero attached hydrogens (tertiary/aromatic N) is 5. The molecular formula is C22H20N6OS2. The van der Waals surface area contributed by atoms with E-state index in [-0.39, 0.29) is 11.7 Å². The molecule has 0 aliphatic rings. The lowest BCUT2D eigenvalue weighted by Gasteiger charge is -2.10. The number of thioether (sulfide) groups is 1. The summed E-state index contributed by atoms with van der Waals surface area (Å²) in [6, 6.07) is 13.9. The van der Waals surface area contributed by atoms with Gasteiger partial charge in [0.15, 0.2) is 11.0 Å². The molecule has 0 atom stereocenters. The van der Waals surface area contributed by atoms with Gasteiger partial charge >= 0.3 is 0 Å². The maximum atomic E-state index is 12.3. The zero-order valence-corrected chi connectivity index (χ0v) is 18.7. The molecule has 1 N–H and O–H groups in total. The van der Waals surface area contributed by atoms with E-state index in [9.17, 15) is 4.79 Å². The summed E-state index contributed by atoms with van der Waals surface area (Å²) in [5.41, 5.74) is 6.69. The van der Waals surface area contributed by atoms with Gasteiger partial charge in [-0.05, 0) is 55.1 Å². The number of aryl methyl sites for hydroxylation is 2. The van der Waals surface area contributed by atoms with Crippen LogP contribution in [0.25, 0.3) is 17.1 Å². The van der Waals surface area contributed by atoms with Crippen LogP contribution in [0.3, 0.4) is 0 Å². The van der Waals surface area contributed by atoms with E-state index in [4.69, 9.17) is 0 Å².